The first-order chi connectivity index (χ1) is 7.55. The molecule has 0 fully saturated rings. The fraction of sp³-hybridized carbons (Fsp3) is 0.308. The van der Waals surface area contributed by atoms with Crippen LogP contribution >= 0.6 is 0 Å². The molecule has 0 spiro atoms. The van der Waals surface area contributed by atoms with Gasteiger partial charge in [0.2, 0.25) is 0 Å². The van der Waals surface area contributed by atoms with E-state index in [1.54, 1.807) is 25.2 Å². The molecular weight excluding hydrogens is 204 g/mol. The molecule has 0 aromatic rings. The SMILES string of the molecule is CC=CC1(C(O)=CC)C=CC(C(=O)O)=CC1. The lowest BCUT2D eigenvalue weighted by atomic mass is 9.77. The van der Waals surface area contributed by atoms with E-state index in [1.165, 1.54) is 6.08 Å². The number of aliphatic hydroxyl groups is 1. The first-order valence-corrected chi connectivity index (χ1v) is 5.18. The van der Waals surface area contributed by atoms with Crippen LogP contribution in [-0.4, -0.2) is 16.2 Å². The third kappa shape index (κ3) is 2.24. The molecule has 2 N–H and O–H groups in total. The first kappa shape index (κ1) is 12.3. The molecule has 16 heavy (non-hydrogen) atoms. The Bertz CT molecular complexity index is 399. The molecule has 0 amide bonds. The Morgan fingerprint density at radius 2 is 2.12 bits per heavy atom. The van der Waals surface area contributed by atoms with E-state index < -0.39 is 11.4 Å². The van der Waals surface area contributed by atoms with E-state index in [4.69, 9.17) is 5.11 Å². The van der Waals surface area contributed by atoms with Crippen LogP contribution in [0.5, 0.6) is 0 Å². The fourth-order valence-corrected chi connectivity index (χ4v) is 1.78. The van der Waals surface area contributed by atoms with Crippen LogP contribution < -0.4 is 0 Å². The highest BCUT2D eigenvalue weighted by atomic mass is 16.4. The van der Waals surface area contributed by atoms with Gasteiger partial charge in [-0.3, -0.25) is 0 Å². The lowest BCUT2D eigenvalue weighted by Crippen LogP contribution is -2.20. The minimum Gasteiger partial charge on any atom is -0.511 e. The van der Waals surface area contributed by atoms with Crippen molar-refractivity contribution in [2.24, 2.45) is 5.41 Å². The van der Waals surface area contributed by atoms with E-state index in [0.717, 1.165) is 0 Å². The lowest BCUT2D eigenvalue weighted by molar-refractivity contribution is -0.132. The fourth-order valence-electron chi connectivity index (χ4n) is 1.78. The number of aliphatic carboxylic acids is 1. The molecule has 3 nitrogen and oxygen atoms in total. The lowest BCUT2D eigenvalue weighted by Gasteiger charge is -2.28. The summed E-state index contributed by atoms with van der Waals surface area (Å²) in [7, 11) is 0. The number of allylic oxidation sites excluding steroid dienone is 4. The highest BCUT2D eigenvalue weighted by Crippen LogP contribution is 2.37. The summed E-state index contributed by atoms with van der Waals surface area (Å²) in [5.41, 5.74) is -0.313. The van der Waals surface area contributed by atoms with Gasteiger partial charge >= 0.3 is 5.97 Å². The van der Waals surface area contributed by atoms with E-state index in [0.29, 0.717) is 6.42 Å². The van der Waals surface area contributed by atoms with E-state index >= 15 is 0 Å². The summed E-state index contributed by atoms with van der Waals surface area (Å²) in [5, 5.41) is 18.7. The van der Waals surface area contributed by atoms with Gasteiger partial charge in [-0.2, -0.15) is 0 Å². The van der Waals surface area contributed by atoms with Crippen LogP contribution in [-0.2, 0) is 4.79 Å². The maximum Gasteiger partial charge on any atom is 0.335 e. The maximum absolute atomic E-state index is 10.7. The van der Waals surface area contributed by atoms with Gasteiger partial charge in [-0.15, -0.1) is 0 Å². The summed E-state index contributed by atoms with van der Waals surface area (Å²) in [6, 6.07) is 0. The number of aliphatic hydroxyl groups excluding tert-OH is 1. The Morgan fingerprint density at radius 3 is 2.50 bits per heavy atom. The summed E-state index contributed by atoms with van der Waals surface area (Å²) < 4.78 is 0. The quantitative estimate of drug-likeness (QED) is 0.568. The Kier molecular flexibility index (Phi) is 3.72. The van der Waals surface area contributed by atoms with Crippen LogP contribution in [0.15, 0.2) is 47.8 Å². The maximum atomic E-state index is 10.7. The molecule has 1 unspecified atom stereocenters. The van der Waals surface area contributed by atoms with E-state index in [9.17, 15) is 9.90 Å². The molecule has 0 aromatic carbocycles. The summed E-state index contributed by atoms with van der Waals surface area (Å²) >= 11 is 0. The molecule has 1 rings (SSSR count). The molecule has 0 heterocycles. The van der Waals surface area contributed by atoms with Crippen LogP contribution in [0.1, 0.15) is 20.3 Å². The van der Waals surface area contributed by atoms with Crippen molar-refractivity contribution in [3.63, 3.8) is 0 Å². The van der Waals surface area contributed by atoms with E-state index in [2.05, 4.69) is 0 Å². The molecule has 0 radical (unpaired) electrons. The molecular formula is C13H16O3. The van der Waals surface area contributed by atoms with Crippen molar-refractivity contribution in [3.8, 4) is 0 Å². The molecule has 3 heteroatoms. The zero-order valence-electron chi connectivity index (χ0n) is 9.47. The highest BCUT2D eigenvalue weighted by molar-refractivity contribution is 5.90. The second-order valence-electron chi connectivity index (χ2n) is 3.72. The van der Waals surface area contributed by atoms with Gasteiger partial charge in [0.15, 0.2) is 0 Å². The molecule has 1 aliphatic carbocycles. The van der Waals surface area contributed by atoms with Crippen LogP contribution in [0.25, 0.3) is 0 Å². The first-order valence-electron chi connectivity index (χ1n) is 5.18. The summed E-state index contributed by atoms with van der Waals surface area (Å²) in [6.45, 7) is 3.62. The molecule has 0 saturated carbocycles. The van der Waals surface area contributed by atoms with Crippen molar-refractivity contribution in [1.82, 2.24) is 0 Å². The van der Waals surface area contributed by atoms with E-state index in [-0.39, 0.29) is 11.3 Å². The van der Waals surface area contributed by atoms with Crippen molar-refractivity contribution in [2.75, 3.05) is 0 Å². The number of hydrogen-bond donors (Lipinski definition) is 2. The number of carboxylic acids is 1. The van der Waals surface area contributed by atoms with Gasteiger partial charge in [0.1, 0.15) is 5.76 Å². The zero-order chi connectivity index (χ0) is 12.2. The number of carboxylic acid groups (broad SMARTS) is 1. The van der Waals surface area contributed by atoms with Gasteiger partial charge in [-0.1, -0.05) is 30.4 Å². The predicted octanol–water partition coefficient (Wildman–Crippen LogP) is 2.98. The van der Waals surface area contributed by atoms with Crippen LogP contribution in [0.3, 0.4) is 0 Å². The van der Waals surface area contributed by atoms with Crippen molar-refractivity contribution in [2.45, 2.75) is 20.3 Å². The summed E-state index contributed by atoms with van der Waals surface area (Å²) in [5.74, 6) is -0.701. The number of rotatable bonds is 3. The van der Waals surface area contributed by atoms with Crippen LogP contribution in [0.2, 0.25) is 0 Å². The van der Waals surface area contributed by atoms with Gasteiger partial charge in [-0.05, 0) is 26.3 Å². The van der Waals surface area contributed by atoms with E-state index in [1.807, 2.05) is 19.1 Å². The average Bonchev–Trinajstić information content (AvgIpc) is 2.29. The number of carbonyl (C=O) groups is 1. The molecule has 0 aliphatic heterocycles. The van der Waals surface area contributed by atoms with Gasteiger partial charge in [0.25, 0.3) is 0 Å². The zero-order valence-corrected chi connectivity index (χ0v) is 9.47. The Labute approximate surface area is 95.1 Å². The largest absolute Gasteiger partial charge is 0.511 e. The Hall–Kier alpha value is -1.77. The predicted molar refractivity (Wildman–Crippen MR) is 63.1 cm³/mol. The normalized spacial score (nSPS) is 25.9. The van der Waals surface area contributed by atoms with Crippen molar-refractivity contribution < 1.29 is 15.0 Å². The summed E-state index contributed by atoms with van der Waals surface area (Å²) in [4.78, 5) is 10.7. The monoisotopic (exact) mass is 220 g/mol. The van der Waals surface area contributed by atoms with Gasteiger partial charge in [0.05, 0.1) is 11.0 Å². The highest BCUT2D eigenvalue weighted by Gasteiger charge is 2.30. The van der Waals surface area contributed by atoms with Crippen molar-refractivity contribution >= 4 is 5.97 Å². The standard InChI is InChI=1S/C13H16O3/c1-3-7-13(11(14)4-2)8-5-10(6-9-13)12(15)16/h3-8,14H,9H2,1-2H3,(H,15,16). The molecule has 86 valence electrons. The second-order valence-corrected chi connectivity index (χ2v) is 3.72. The van der Waals surface area contributed by atoms with Gasteiger partial charge in [0, 0.05) is 0 Å². The topological polar surface area (TPSA) is 57.5 Å². The van der Waals surface area contributed by atoms with Crippen molar-refractivity contribution in [3.05, 3.63) is 47.8 Å². The molecule has 0 saturated heterocycles. The van der Waals surface area contributed by atoms with Gasteiger partial charge < -0.3 is 10.2 Å². The minimum absolute atomic E-state index is 0.238. The average molecular weight is 220 g/mol. The number of hydrogen-bond acceptors (Lipinski definition) is 2. The van der Waals surface area contributed by atoms with Crippen LogP contribution in [0, 0.1) is 5.41 Å². The molecule has 1 aliphatic rings. The third-order valence-corrected chi connectivity index (χ3v) is 2.68. The van der Waals surface area contributed by atoms with Crippen LogP contribution in [0.4, 0.5) is 0 Å². The Balaban J connectivity index is 3.05. The molecule has 1 atom stereocenters. The smallest absolute Gasteiger partial charge is 0.335 e. The Morgan fingerprint density at radius 1 is 1.44 bits per heavy atom. The molecule has 0 aromatic heterocycles. The van der Waals surface area contributed by atoms with Gasteiger partial charge in [-0.25, -0.2) is 4.79 Å². The van der Waals surface area contributed by atoms with Crippen molar-refractivity contribution in [1.29, 1.82) is 0 Å². The minimum atomic E-state index is -0.940. The second kappa shape index (κ2) is 4.84. The molecule has 0 bridgehead atoms. The third-order valence-electron chi connectivity index (χ3n) is 2.68. The summed E-state index contributed by atoms with van der Waals surface area (Å²) in [6.07, 6.45) is 10.7.